The molecule has 3 fully saturated rings. The van der Waals surface area contributed by atoms with Gasteiger partial charge in [-0.3, -0.25) is 28.8 Å². The van der Waals surface area contributed by atoms with Crippen LogP contribution in [0.4, 0.5) is 8.78 Å². The van der Waals surface area contributed by atoms with Gasteiger partial charge in [0.2, 0.25) is 15.5 Å². The molecule has 1 amide bonds. The van der Waals surface area contributed by atoms with E-state index in [-0.39, 0.29) is 61.3 Å². The summed E-state index contributed by atoms with van der Waals surface area (Å²) in [6.45, 7) is 7.96. The van der Waals surface area contributed by atoms with Crippen LogP contribution in [0.3, 0.4) is 0 Å². The Labute approximate surface area is 551 Å². The van der Waals surface area contributed by atoms with E-state index in [0.717, 1.165) is 51.1 Å². The third-order valence-electron chi connectivity index (χ3n) is 19.0. The van der Waals surface area contributed by atoms with Gasteiger partial charge in [-0.15, -0.1) is 0 Å². The van der Waals surface area contributed by atoms with Crippen LogP contribution in [0.2, 0.25) is 0 Å². The van der Waals surface area contributed by atoms with Crippen molar-refractivity contribution in [2.75, 3.05) is 6.61 Å². The Hall–Kier alpha value is -10.1. The zero-order valence-corrected chi connectivity index (χ0v) is 53.6. The second-order valence-electron chi connectivity index (χ2n) is 25.2. The summed E-state index contributed by atoms with van der Waals surface area (Å²) in [5.41, 5.74) is -12.3. The topological polar surface area (TPSA) is 361 Å². The predicted molar refractivity (Wildman–Crippen MR) is 334 cm³/mol. The normalized spacial score (nSPS) is 25.1. The number of carboxylic acids is 1. The van der Waals surface area contributed by atoms with E-state index in [9.17, 15) is 67.2 Å². The Kier molecular flexibility index (Phi) is 18.0. The van der Waals surface area contributed by atoms with E-state index in [2.05, 4.69) is 10.0 Å². The molecule has 2 bridgehead atoms. The fourth-order valence-corrected chi connectivity index (χ4v) is 15.4. The van der Waals surface area contributed by atoms with E-state index in [4.69, 9.17) is 32.8 Å². The number of phenolic OH excluding ortho intramolecular Hbond substituents is 1. The lowest BCUT2D eigenvalue weighted by atomic mass is 9.44. The minimum atomic E-state index is -5.07. The molecule has 11 rings (SSSR count). The number of sulfonamides is 1. The number of ketones is 1. The third kappa shape index (κ3) is 12.0. The number of nitrogens with one attached hydrogen (secondary N) is 2. The lowest BCUT2D eigenvalue weighted by Gasteiger charge is -2.67. The molecule has 12 atom stereocenters. The van der Waals surface area contributed by atoms with Crippen LogP contribution in [0.15, 0.2) is 159 Å². The first-order valence-corrected chi connectivity index (χ1v) is 31.9. The number of Topliss-reactive ketones (excluding diaryl/α,β-unsaturated/α-hetero) is 1. The maximum atomic E-state index is 16.6. The lowest BCUT2D eigenvalue weighted by molar-refractivity contribution is -0.346. The highest BCUT2D eigenvalue weighted by molar-refractivity contribution is 7.89. The molecule has 5 unspecified atom stereocenters. The Morgan fingerprint density at radius 1 is 0.753 bits per heavy atom. The first-order valence-electron chi connectivity index (χ1n) is 30.4. The van der Waals surface area contributed by atoms with Crippen LogP contribution in [0, 0.1) is 28.4 Å². The van der Waals surface area contributed by atoms with E-state index in [1.807, 2.05) is 0 Å². The number of ether oxygens (including phenoxy) is 6. The molecular weight excluding hydrogens is 1290 g/mol. The largest absolute Gasteiger partial charge is 0.505 e. The van der Waals surface area contributed by atoms with Crippen LogP contribution < -0.4 is 15.5 Å². The highest BCUT2D eigenvalue weighted by atomic mass is 32.2. The molecule has 1 saturated heterocycles. The van der Waals surface area contributed by atoms with Crippen LogP contribution in [-0.2, 0) is 62.4 Å². The summed E-state index contributed by atoms with van der Waals surface area (Å²) < 4.78 is 104. The van der Waals surface area contributed by atoms with Crippen molar-refractivity contribution >= 4 is 68.5 Å². The first-order chi connectivity index (χ1) is 45.7. The number of aromatic hydroxyl groups is 1. The van der Waals surface area contributed by atoms with E-state index >= 15 is 13.6 Å². The molecule has 2 aliphatic heterocycles. The van der Waals surface area contributed by atoms with Crippen LogP contribution >= 0.6 is 0 Å². The molecule has 2 heterocycles. The number of amides is 1. The highest BCUT2D eigenvalue weighted by Crippen LogP contribution is 2.65. The third-order valence-corrected chi connectivity index (χ3v) is 20.6. The quantitative estimate of drug-likeness (QED) is 0.0227. The maximum Gasteiger partial charge on any atom is 0.338 e. The number of aromatic carboxylic acids is 1. The second-order valence-corrected chi connectivity index (χ2v) is 26.9. The molecule has 97 heavy (non-hydrogen) atoms. The molecule has 0 radical (unpaired) electrons. The van der Waals surface area contributed by atoms with Crippen molar-refractivity contribution in [3.8, 4) is 28.2 Å². The highest BCUT2D eigenvalue weighted by Gasteiger charge is 2.79. The minimum Gasteiger partial charge on any atom is -0.505 e. The summed E-state index contributed by atoms with van der Waals surface area (Å²) in [6.07, 6.45) is -12.9. The molecule has 2 saturated carbocycles. The van der Waals surface area contributed by atoms with Crippen molar-refractivity contribution in [3.05, 3.63) is 189 Å². The number of carboxylic acid groups (broad SMARTS) is 1. The second kappa shape index (κ2) is 25.5. The van der Waals surface area contributed by atoms with Gasteiger partial charge in [-0.05, 0) is 91.6 Å². The number of aliphatic hydroxyl groups is 2. The number of phenols is 1. The number of hydrogen-bond acceptors (Lipinski definition) is 21. The van der Waals surface area contributed by atoms with Gasteiger partial charge in [0.1, 0.15) is 47.4 Å². The number of hydrogen-bond donors (Lipinski definition) is 6. The smallest absolute Gasteiger partial charge is 0.338 e. The number of rotatable bonds is 17. The van der Waals surface area contributed by atoms with E-state index in [1.54, 1.807) is 42.5 Å². The van der Waals surface area contributed by atoms with Crippen molar-refractivity contribution in [3.63, 3.8) is 0 Å². The molecule has 5 aromatic rings. The Morgan fingerprint density at radius 2 is 1.39 bits per heavy atom. The van der Waals surface area contributed by atoms with Crippen molar-refractivity contribution in [1.82, 2.24) is 10.0 Å². The fourth-order valence-electron chi connectivity index (χ4n) is 14.2. The SMILES string of the molecule is CC(=O)O[C@H]1C(=O)[C@@]2(C)C(C(OC(=O)c3ccccc3)[C@]3(O)CC(OC(=O)[C@H](O)[C@@H](NC(=O)c4ccccc4)c4ccccc4)C(C)=C1C3(C)C)[C@]1(OC(C)=O)COC1C[C@@H]2OC(=O)C(C)NS(=O)(=O)c1ccc(-c2c3cc(F)c(=O)cc-3oc3cc(O)c(F)cc23)c(C(=O)O)c1. The summed E-state index contributed by atoms with van der Waals surface area (Å²) in [5.74, 6) is -15.3. The van der Waals surface area contributed by atoms with E-state index in [0.29, 0.717) is 12.1 Å². The summed E-state index contributed by atoms with van der Waals surface area (Å²) >= 11 is 0. The van der Waals surface area contributed by atoms with Crippen molar-refractivity contribution in [2.45, 2.75) is 126 Å². The van der Waals surface area contributed by atoms with Crippen LogP contribution in [-0.4, -0.2) is 137 Å². The fraction of sp³-hybridized carbons (Fsp3) is 0.329. The lowest BCUT2D eigenvalue weighted by Crippen LogP contribution is -2.82. The summed E-state index contributed by atoms with van der Waals surface area (Å²) in [6, 6.07) is 25.3. The zero-order valence-electron chi connectivity index (χ0n) is 52.8. The average Bonchev–Trinajstić information content (AvgIpc) is 0.668. The average molecular weight is 1360 g/mol. The molecule has 0 aromatic heterocycles. The van der Waals surface area contributed by atoms with Gasteiger partial charge in [0, 0.05) is 66.3 Å². The van der Waals surface area contributed by atoms with Crippen LogP contribution in [0.1, 0.15) is 104 Å². The molecular formula is C70H64F2N2O22S. The number of fused-ring (bicyclic) bond motifs is 7. The number of esters is 5. The molecule has 6 aliphatic rings. The number of carbonyl (C=O) groups is 8. The number of carbonyl (C=O) groups excluding carboxylic acids is 7. The van der Waals surface area contributed by atoms with Gasteiger partial charge in [-0.2, -0.15) is 4.72 Å². The molecule has 24 nitrogen and oxygen atoms in total. The van der Waals surface area contributed by atoms with Gasteiger partial charge in [0.05, 0.1) is 40.0 Å². The summed E-state index contributed by atoms with van der Waals surface area (Å²) in [5, 5.41) is 49.7. The van der Waals surface area contributed by atoms with Crippen LogP contribution in [0.25, 0.3) is 33.4 Å². The van der Waals surface area contributed by atoms with Gasteiger partial charge in [0.15, 0.2) is 41.0 Å². The Balaban J connectivity index is 0.997. The van der Waals surface area contributed by atoms with Gasteiger partial charge >= 0.3 is 35.8 Å². The van der Waals surface area contributed by atoms with Crippen molar-refractivity contribution in [1.29, 1.82) is 0 Å². The number of benzene rings is 6. The summed E-state index contributed by atoms with van der Waals surface area (Å²) in [7, 11) is -5.07. The van der Waals surface area contributed by atoms with Gasteiger partial charge < -0.3 is 58.6 Å². The molecule has 4 aliphatic carbocycles. The van der Waals surface area contributed by atoms with Crippen LogP contribution in [0.5, 0.6) is 5.75 Å². The monoisotopic (exact) mass is 1350 g/mol. The van der Waals surface area contributed by atoms with E-state index < -0.39 is 187 Å². The minimum absolute atomic E-state index is 0.0254. The Bertz CT molecular complexity index is 4580. The predicted octanol–water partition coefficient (Wildman–Crippen LogP) is 7.21. The van der Waals surface area contributed by atoms with Gasteiger partial charge in [-0.1, -0.05) is 86.6 Å². The van der Waals surface area contributed by atoms with Crippen molar-refractivity contribution < 1.29 is 109 Å². The molecule has 0 spiro atoms. The molecule has 27 heteroatoms. The molecule has 6 N–H and O–H groups in total. The number of aliphatic hydroxyl groups excluding tert-OH is 1. The standard InChI is InChI=1S/C70H64F2N2O22S/c1-33-51(93-66(86)57(79)56(37-17-11-8-12-18-37)73-62(81)38-19-13-9-14-20-38)31-70(87)61(95-65(85)39-21-15-10-16-22-39)59-68(7,60(80)58(91-35(3)75)55(33)67(70,5)6)52(30-53-69(59,32-90-53)96-36(4)76)94-64(84)34(2)74-97(88,89)40-23-24-41(42(25-40)63(82)83)54-43-26-45(71)47(77)28-49(43)92-50-29-48(78)46(72)27-44(50)54/h8-29,34,51-53,56-59,61,74,77,79,87H,30-32H2,1-7H3,(H,73,81)(H,82,83)/t34?,51?,52-,53?,56-,57+,58+,59?,61?,68+,69-,70+/m0/s1. The first kappa shape index (κ1) is 68.3. The van der Waals surface area contributed by atoms with Gasteiger partial charge in [0.25, 0.3) is 5.91 Å². The Morgan fingerprint density at radius 3 is 2.00 bits per heavy atom. The molecule has 506 valence electrons. The summed E-state index contributed by atoms with van der Waals surface area (Å²) in [4.78, 5) is 127. The maximum absolute atomic E-state index is 16.6. The van der Waals surface area contributed by atoms with E-state index in [1.165, 1.54) is 76.2 Å². The van der Waals surface area contributed by atoms with Crippen molar-refractivity contribution in [2.24, 2.45) is 16.7 Å². The number of halogens is 2. The zero-order chi connectivity index (χ0) is 70.2. The van der Waals surface area contributed by atoms with Gasteiger partial charge in [-0.25, -0.2) is 31.6 Å². The molecule has 5 aromatic carbocycles.